The van der Waals surface area contributed by atoms with Gasteiger partial charge in [-0.1, -0.05) is 39.5 Å². The van der Waals surface area contributed by atoms with E-state index in [9.17, 15) is 0 Å². The lowest BCUT2D eigenvalue weighted by molar-refractivity contribution is 0.523. The van der Waals surface area contributed by atoms with Gasteiger partial charge in [0, 0.05) is 12.6 Å². The topological polar surface area (TPSA) is 75.9 Å². The van der Waals surface area contributed by atoms with Gasteiger partial charge in [0.15, 0.2) is 0 Å². The van der Waals surface area contributed by atoms with E-state index in [4.69, 9.17) is 5.84 Å². The molecule has 0 fully saturated rings. The summed E-state index contributed by atoms with van der Waals surface area (Å²) in [6.07, 6.45) is 7.94. The molecule has 1 aromatic rings. The van der Waals surface area contributed by atoms with E-state index in [0.717, 1.165) is 18.3 Å². The summed E-state index contributed by atoms with van der Waals surface area (Å²) in [5.41, 5.74) is 2.51. The van der Waals surface area contributed by atoms with Gasteiger partial charge in [0.2, 0.25) is 0 Å². The second-order valence-corrected chi connectivity index (χ2v) is 4.96. The average molecular weight is 251 g/mol. The van der Waals surface area contributed by atoms with Crippen molar-refractivity contribution in [3.05, 3.63) is 12.4 Å². The molecule has 102 valence electrons. The van der Waals surface area contributed by atoms with E-state index >= 15 is 0 Å². The monoisotopic (exact) mass is 251 g/mol. The fourth-order valence-electron chi connectivity index (χ4n) is 1.78. The van der Waals surface area contributed by atoms with Crippen LogP contribution in [0.2, 0.25) is 0 Å². The lowest BCUT2D eigenvalue weighted by Crippen LogP contribution is -2.10. The molecule has 5 nitrogen and oxygen atoms in total. The van der Waals surface area contributed by atoms with Gasteiger partial charge in [-0.2, -0.15) is 0 Å². The van der Waals surface area contributed by atoms with Crippen LogP contribution in [0, 0.1) is 5.92 Å². The van der Waals surface area contributed by atoms with E-state index < -0.39 is 0 Å². The molecule has 0 aliphatic rings. The number of nitrogens with one attached hydrogen (secondary N) is 2. The minimum atomic E-state index is 0.629. The van der Waals surface area contributed by atoms with Gasteiger partial charge in [-0.05, 0) is 12.3 Å². The molecule has 0 unspecified atom stereocenters. The van der Waals surface area contributed by atoms with E-state index in [1.54, 1.807) is 6.07 Å². The van der Waals surface area contributed by atoms with E-state index in [-0.39, 0.29) is 0 Å². The third kappa shape index (κ3) is 6.39. The maximum atomic E-state index is 5.28. The number of hydrazine groups is 1. The number of unbranched alkanes of at least 4 members (excludes halogenated alkanes) is 3. The van der Waals surface area contributed by atoms with E-state index in [2.05, 4.69) is 34.6 Å². The fourth-order valence-corrected chi connectivity index (χ4v) is 1.78. The molecule has 0 aliphatic heterocycles. The standard InChI is InChI=1S/C13H25N5/c1-11(2)7-5-3-4-6-8-15-12-9-13(18-14)17-10-16-12/h9-11H,3-8,14H2,1-2H3,(H2,15,16,17,18). The van der Waals surface area contributed by atoms with Crippen LogP contribution in [-0.2, 0) is 0 Å². The molecule has 0 radical (unpaired) electrons. The van der Waals surface area contributed by atoms with Gasteiger partial charge in [0.1, 0.15) is 18.0 Å². The van der Waals surface area contributed by atoms with Gasteiger partial charge in [-0.25, -0.2) is 15.8 Å². The average Bonchev–Trinajstić information content (AvgIpc) is 2.37. The summed E-state index contributed by atoms with van der Waals surface area (Å²) < 4.78 is 0. The first-order chi connectivity index (χ1) is 8.72. The molecule has 1 aromatic heterocycles. The van der Waals surface area contributed by atoms with Gasteiger partial charge in [-0.3, -0.25) is 0 Å². The molecule has 1 rings (SSSR count). The van der Waals surface area contributed by atoms with Crippen molar-refractivity contribution in [3.8, 4) is 0 Å². The molecule has 5 heteroatoms. The van der Waals surface area contributed by atoms with Crippen LogP contribution in [-0.4, -0.2) is 16.5 Å². The van der Waals surface area contributed by atoms with Crippen LogP contribution in [0.4, 0.5) is 11.6 Å². The van der Waals surface area contributed by atoms with E-state index in [0.29, 0.717) is 5.82 Å². The fraction of sp³-hybridized carbons (Fsp3) is 0.692. The Bertz CT molecular complexity index is 327. The highest BCUT2D eigenvalue weighted by Gasteiger charge is 1.97. The lowest BCUT2D eigenvalue weighted by atomic mass is 10.0. The highest BCUT2D eigenvalue weighted by atomic mass is 15.3. The normalized spacial score (nSPS) is 10.7. The molecular formula is C13H25N5. The van der Waals surface area contributed by atoms with E-state index in [1.807, 2.05) is 0 Å². The van der Waals surface area contributed by atoms with Crippen molar-refractivity contribution in [1.29, 1.82) is 0 Å². The Morgan fingerprint density at radius 2 is 1.83 bits per heavy atom. The summed E-state index contributed by atoms with van der Waals surface area (Å²) in [4.78, 5) is 8.08. The molecule has 0 bridgehead atoms. The maximum Gasteiger partial charge on any atom is 0.145 e. The third-order valence-electron chi connectivity index (χ3n) is 2.83. The number of hydrogen-bond acceptors (Lipinski definition) is 5. The Labute approximate surface area is 110 Å². The Morgan fingerprint density at radius 3 is 2.56 bits per heavy atom. The molecule has 0 saturated carbocycles. The Hall–Kier alpha value is -1.36. The number of rotatable bonds is 9. The van der Waals surface area contributed by atoms with Gasteiger partial charge in [-0.15, -0.1) is 0 Å². The highest BCUT2D eigenvalue weighted by molar-refractivity contribution is 5.45. The molecule has 0 saturated heterocycles. The lowest BCUT2D eigenvalue weighted by Gasteiger charge is -2.07. The second-order valence-electron chi connectivity index (χ2n) is 4.96. The highest BCUT2D eigenvalue weighted by Crippen LogP contribution is 2.10. The smallest absolute Gasteiger partial charge is 0.145 e. The number of aromatic nitrogens is 2. The van der Waals surface area contributed by atoms with Crippen molar-refractivity contribution in [2.75, 3.05) is 17.3 Å². The Morgan fingerprint density at radius 1 is 1.11 bits per heavy atom. The van der Waals surface area contributed by atoms with Crippen LogP contribution in [0.3, 0.4) is 0 Å². The predicted octanol–water partition coefficient (Wildman–Crippen LogP) is 2.78. The van der Waals surface area contributed by atoms with Crippen molar-refractivity contribution >= 4 is 11.6 Å². The molecule has 0 amide bonds. The minimum absolute atomic E-state index is 0.629. The minimum Gasteiger partial charge on any atom is -0.370 e. The van der Waals surface area contributed by atoms with Crippen LogP contribution in [0.25, 0.3) is 0 Å². The molecule has 18 heavy (non-hydrogen) atoms. The number of nitrogen functional groups attached to an aromatic ring is 1. The summed E-state index contributed by atoms with van der Waals surface area (Å²) in [6.45, 7) is 5.50. The predicted molar refractivity (Wildman–Crippen MR) is 76.3 cm³/mol. The van der Waals surface area contributed by atoms with Gasteiger partial charge < -0.3 is 10.7 Å². The number of nitrogens with two attached hydrogens (primary N) is 1. The van der Waals surface area contributed by atoms with E-state index in [1.165, 1.54) is 38.4 Å². The molecule has 4 N–H and O–H groups in total. The van der Waals surface area contributed by atoms with Crippen molar-refractivity contribution in [3.63, 3.8) is 0 Å². The van der Waals surface area contributed by atoms with Crippen LogP contribution >= 0.6 is 0 Å². The maximum absolute atomic E-state index is 5.28. The first-order valence-electron chi connectivity index (χ1n) is 6.75. The number of hydrogen-bond donors (Lipinski definition) is 3. The molecule has 0 aromatic carbocycles. The van der Waals surface area contributed by atoms with Crippen LogP contribution in [0.5, 0.6) is 0 Å². The molecule has 1 heterocycles. The first-order valence-corrected chi connectivity index (χ1v) is 6.75. The number of nitrogens with zero attached hydrogens (tertiary/aromatic N) is 2. The summed E-state index contributed by atoms with van der Waals surface area (Å²) in [7, 11) is 0. The SMILES string of the molecule is CC(C)CCCCCCNc1cc(NN)ncn1. The summed E-state index contributed by atoms with van der Waals surface area (Å²) in [5.74, 6) is 7.56. The third-order valence-corrected chi connectivity index (χ3v) is 2.83. The molecule has 0 aliphatic carbocycles. The number of anilines is 2. The van der Waals surface area contributed by atoms with Crippen LogP contribution in [0.15, 0.2) is 12.4 Å². The summed E-state index contributed by atoms with van der Waals surface area (Å²) >= 11 is 0. The second kappa shape index (κ2) is 8.69. The molecule has 0 spiro atoms. The van der Waals surface area contributed by atoms with Crippen molar-refractivity contribution in [2.45, 2.75) is 46.0 Å². The van der Waals surface area contributed by atoms with Gasteiger partial charge >= 0.3 is 0 Å². The zero-order valence-electron chi connectivity index (χ0n) is 11.4. The van der Waals surface area contributed by atoms with Crippen molar-refractivity contribution in [2.24, 2.45) is 11.8 Å². The van der Waals surface area contributed by atoms with Crippen molar-refractivity contribution < 1.29 is 0 Å². The first kappa shape index (κ1) is 14.7. The Kier molecular flexibility index (Phi) is 7.10. The molecule has 0 atom stereocenters. The zero-order chi connectivity index (χ0) is 13.2. The zero-order valence-corrected chi connectivity index (χ0v) is 11.4. The van der Waals surface area contributed by atoms with Crippen LogP contribution < -0.4 is 16.6 Å². The van der Waals surface area contributed by atoms with Crippen molar-refractivity contribution in [1.82, 2.24) is 9.97 Å². The summed E-state index contributed by atoms with van der Waals surface area (Å²) in [6, 6.07) is 1.80. The van der Waals surface area contributed by atoms with Crippen LogP contribution in [0.1, 0.15) is 46.0 Å². The van der Waals surface area contributed by atoms with Gasteiger partial charge in [0.25, 0.3) is 0 Å². The molecular weight excluding hydrogens is 226 g/mol. The quantitative estimate of drug-likeness (QED) is 0.357. The van der Waals surface area contributed by atoms with Gasteiger partial charge in [0.05, 0.1) is 0 Å². The largest absolute Gasteiger partial charge is 0.370 e. The Balaban J connectivity index is 2.06. The summed E-state index contributed by atoms with van der Waals surface area (Å²) in [5, 5.41) is 3.27.